The molecule has 1 fully saturated rings. The lowest BCUT2D eigenvalue weighted by molar-refractivity contribution is 0.115. The van der Waals surface area contributed by atoms with Crippen molar-refractivity contribution in [3.05, 3.63) is 22.4 Å². The minimum atomic E-state index is -0.193. The maximum Gasteiger partial charge on any atom is 0.317 e. The zero-order chi connectivity index (χ0) is 14.7. The number of nitrogens with zero attached hydrogens (tertiary/aromatic N) is 2. The number of aryl methyl sites for hydroxylation is 1. The van der Waals surface area contributed by atoms with Crippen LogP contribution in [0.1, 0.15) is 31.4 Å². The van der Waals surface area contributed by atoms with E-state index < -0.39 is 0 Å². The fraction of sp³-hybridized carbons (Fsp3) is 0.643. The van der Waals surface area contributed by atoms with Crippen LogP contribution < -0.4 is 5.32 Å². The summed E-state index contributed by atoms with van der Waals surface area (Å²) in [6.07, 6.45) is 5.05. The number of hydrogen-bond donors (Lipinski definition) is 2. The summed E-state index contributed by atoms with van der Waals surface area (Å²) in [5, 5.41) is 12.5. The molecule has 2 rings (SSSR count). The number of rotatable bonds is 3. The molecule has 0 saturated heterocycles. The molecule has 5 nitrogen and oxygen atoms in total. The molecule has 1 aromatic rings. The van der Waals surface area contributed by atoms with Crippen LogP contribution in [0.5, 0.6) is 0 Å². The molecule has 20 heavy (non-hydrogen) atoms. The number of amides is 2. The van der Waals surface area contributed by atoms with Gasteiger partial charge < -0.3 is 19.9 Å². The molecular formula is C14H22BrN3O2. The Hall–Kier alpha value is -1.01. The highest BCUT2D eigenvalue weighted by Gasteiger charge is 2.22. The molecule has 1 aliphatic rings. The van der Waals surface area contributed by atoms with E-state index in [9.17, 15) is 9.90 Å². The number of aromatic nitrogens is 1. The molecule has 0 unspecified atom stereocenters. The van der Waals surface area contributed by atoms with Crippen molar-refractivity contribution in [2.75, 3.05) is 7.05 Å². The van der Waals surface area contributed by atoms with E-state index in [1.54, 1.807) is 11.9 Å². The number of halogens is 1. The highest BCUT2D eigenvalue weighted by molar-refractivity contribution is 9.10. The van der Waals surface area contributed by atoms with Gasteiger partial charge in [-0.25, -0.2) is 4.79 Å². The van der Waals surface area contributed by atoms with Gasteiger partial charge in [0.15, 0.2) is 0 Å². The number of aliphatic hydroxyl groups excluding tert-OH is 1. The number of carbonyl (C=O) groups excluding carboxylic acids is 1. The normalized spacial score (nSPS) is 22.6. The van der Waals surface area contributed by atoms with E-state index in [0.717, 1.165) is 35.8 Å². The first-order valence-corrected chi connectivity index (χ1v) is 7.75. The third kappa shape index (κ3) is 3.99. The Morgan fingerprint density at radius 1 is 1.50 bits per heavy atom. The first kappa shape index (κ1) is 15.4. The smallest absolute Gasteiger partial charge is 0.317 e. The van der Waals surface area contributed by atoms with E-state index in [4.69, 9.17) is 0 Å². The fourth-order valence-electron chi connectivity index (χ4n) is 2.54. The summed E-state index contributed by atoms with van der Waals surface area (Å²) in [4.78, 5) is 13.8. The van der Waals surface area contributed by atoms with Crippen LogP contribution in [0.2, 0.25) is 0 Å². The molecule has 0 bridgehead atoms. The topological polar surface area (TPSA) is 57.5 Å². The number of carbonyl (C=O) groups is 1. The molecule has 0 radical (unpaired) electrons. The number of hydrogen-bond acceptors (Lipinski definition) is 2. The summed E-state index contributed by atoms with van der Waals surface area (Å²) in [6, 6.07) is 2.15. The number of aliphatic hydroxyl groups is 1. The lowest BCUT2D eigenvalue weighted by Gasteiger charge is -2.28. The number of nitrogens with one attached hydrogen (secondary N) is 1. The van der Waals surface area contributed by atoms with Crippen LogP contribution in [-0.2, 0) is 13.6 Å². The Morgan fingerprint density at radius 2 is 2.15 bits per heavy atom. The molecule has 1 saturated carbocycles. The molecule has 1 heterocycles. The minimum Gasteiger partial charge on any atom is -0.393 e. The van der Waals surface area contributed by atoms with Crippen molar-refractivity contribution in [2.24, 2.45) is 7.05 Å². The van der Waals surface area contributed by atoms with Gasteiger partial charge in [0.25, 0.3) is 0 Å². The molecule has 2 amide bonds. The van der Waals surface area contributed by atoms with Crippen LogP contribution >= 0.6 is 15.9 Å². The molecule has 0 aromatic carbocycles. The largest absolute Gasteiger partial charge is 0.393 e. The predicted octanol–water partition coefficient (Wildman–Crippen LogP) is 2.23. The molecule has 0 aliphatic heterocycles. The summed E-state index contributed by atoms with van der Waals surface area (Å²) in [6.45, 7) is 0.573. The third-order valence-corrected chi connectivity index (χ3v) is 4.28. The van der Waals surface area contributed by atoms with Crippen LogP contribution in [-0.4, -0.2) is 39.8 Å². The van der Waals surface area contributed by atoms with Gasteiger partial charge in [-0.05, 0) is 47.7 Å². The van der Waals surface area contributed by atoms with E-state index in [-0.39, 0.29) is 18.2 Å². The zero-order valence-corrected chi connectivity index (χ0v) is 13.6. The van der Waals surface area contributed by atoms with Crippen LogP contribution in [0.25, 0.3) is 0 Å². The van der Waals surface area contributed by atoms with Crippen molar-refractivity contribution >= 4 is 22.0 Å². The first-order chi connectivity index (χ1) is 9.45. The van der Waals surface area contributed by atoms with Gasteiger partial charge in [0, 0.05) is 36.5 Å². The molecule has 1 aromatic heterocycles. The summed E-state index contributed by atoms with van der Waals surface area (Å²) >= 11 is 3.43. The number of urea groups is 1. The SMILES string of the molecule is CN(Cc1cc(Br)cn1C)C(=O)NC1CCC(O)CC1. The second-order valence-corrected chi connectivity index (χ2v) is 6.49. The molecule has 6 heteroatoms. The summed E-state index contributed by atoms with van der Waals surface area (Å²) < 4.78 is 3.02. The molecule has 0 atom stereocenters. The standard InChI is InChI=1S/C14H22BrN3O2/c1-17-8-10(15)7-12(17)9-18(2)14(20)16-11-3-5-13(19)6-4-11/h7-8,11,13,19H,3-6,9H2,1-2H3,(H,16,20). The average Bonchev–Trinajstić information content (AvgIpc) is 2.70. The second-order valence-electron chi connectivity index (χ2n) is 5.57. The van der Waals surface area contributed by atoms with Crippen molar-refractivity contribution in [2.45, 2.75) is 44.4 Å². The van der Waals surface area contributed by atoms with Crippen LogP contribution in [0.4, 0.5) is 4.79 Å². The van der Waals surface area contributed by atoms with Gasteiger partial charge in [-0.2, -0.15) is 0 Å². The van der Waals surface area contributed by atoms with Gasteiger partial charge in [-0.3, -0.25) is 0 Å². The van der Waals surface area contributed by atoms with Crippen molar-refractivity contribution in [3.63, 3.8) is 0 Å². The van der Waals surface area contributed by atoms with Crippen molar-refractivity contribution in [1.29, 1.82) is 0 Å². The second kappa shape index (κ2) is 6.63. The fourth-order valence-corrected chi connectivity index (χ4v) is 3.11. The van der Waals surface area contributed by atoms with E-state index >= 15 is 0 Å². The third-order valence-electron chi connectivity index (χ3n) is 3.84. The quantitative estimate of drug-likeness (QED) is 0.884. The van der Waals surface area contributed by atoms with Crippen molar-refractivity contribution in [1.82, 2.24) is 14.8 Å². The first-order valence-electron chi connectivity index (χ1n) is 6.96. The van der Waals surface area contributed by atoms with Crippen LogP contribution in [0, 0.1) is 0 Å². The Kier molecular flexibility index (Phi) is 5.10. The summed E-state index contributed by atoms with van der Waals surface area (Å²) in [7, 11) is 3.77. The molecular weight excluding hydrogens is 322 g/mol. The minimum absolute atomic E-state index is 0.0521. The van der Waals surface area contributed by atoms with Gasteiger partial charge in [0.2, 0.25) is 0 Å². The molecule has 1 aliphatic carbocycles. The highest BCUT2D eigenvalue weighted by Crippen LogP contribution is 2.19. The van der Waals surface area contributed by atoms with E-state index in [1.165, 1.54) is 0 Å². The van der Waals surface area contributed by atoms with Gasteiger partial charge in [-0.15, -0.1) is 0 Å². The average molecular weight is 344 g/mol. The predicted molar refractivity (Wildman–Crippen MR) is 81.4 cm³/mol. The Labute approximate surface area is 128 Å². The lowest BCUT2D eigenvalue weighted by Crippen LogP contribution is -2.44. The maximum atomic E-state index is 12.1. The van der Waals surface area contributed by atoms with Crippen molar-refractivity contribution in [3.8, 4) is 0 Å². The highest BCUT2D eigenvalue weighted by atomic mass is 79.9. The van der Waals surface area contributed by atoms with Gasteiger partial charge in [0.05, 0.1) is 12.6 Å². The molecule has 0 spiro atoms. The zero-order valence-electron chi connectivity index (χ0n) is 12.0. The monoisotopic (exact) mass is 343 g/mol. The lowest BCUT2D eigenvalue weighted by atomic mass is 9.93. The summed E-state index contributed by atoms with van der Waals surface area (Å²) in [5.74, 6) is 0. The molecule has 2 N–H and O–H groups in total. The Balaban J connectivity index is 1.84. The van der Waals surface area contributed by atoms with Gasteiger partial charge >= 0.3 is 6.03 Å². The van der Waals surface area contributed by atoms with Crippen LogP contribution in [0.3, 0.4) is 0 Å². The van der Waals surface area contributed by atoms with Crippen LogP contribution in [0.15, 0.2) is 16.7 Å². The van der Waals surface area contributed by atoms with Gasteiger partial charge in [-0.1, -0.05) is 0 Å². The van der Waals surface area contributed by atoms with Gasteiger partial charge in [0.1, 0.15) is 0 Å². The van der Waals surface area contributed by atoms with Crippen molar-refractivity contribution < 1.29 is 9.90 Å². The molecule has 112 valence electrons. The Morgan fingerprint density at radius 3 is 2.70 bits per heavy atom. The summed E-state index contributed by atoms with van der Waals surface area (Å²) in [5.41, 5.74) is 1.08. The van der Waals surface area contributed by atoms with E-state index in [1.807, 2.05) is 23.9 Å². The van der Waals surface area contributed by atoms with E-state index in [0.29, 0.717) is 6.54 Å². The van der Waals surface area contributed by atoms with E-state index in [2.05, 4.69) is 21.2 Å². The maximum absolute atomic E-state index is 12.1. The Bertz CT molecular complexity index is 467.